The fourth-order valence-corrected chi connectivity index (χ4v) is 3.63. The smallest absolute Gasteiger partial charge is 0.326 e. The molecule has 1 aromatic carbocycles. The van der Waals surface area contributed by atoms with Crippen LogP contribution in [0, 0.1) is 5.92 Å². The van der Waals surface area contributed by atoms with E-state index in [0.717, 1.165) is 16.5 Å². The molecule has 1 aromatic heterocycles. The van der Waals surface area contributed by atoms with E-state index in [9.17, 15) is 24.3 Å². The molecule has 10 nitrogen and oxygen atoms in total. The number of nitrogens with one attached hydrogen (secondary N) is 4. The Hall–Kier alpha value is -3.05. The van der Waals surface area contributed by atoms with Gasteiger partial charge < -0.3 is 31.8 Å². The van der Waals surface area contributed by atoms with E-state index in [0.29, 0.717) is 6.42 Å². The summed E-state index contributed by atoms with van der Waals surface area (Å²) < 4.78 is 0. The lowest BCUT2D eigenvalue weighted by atomic mass is 9.99. The number of rotatable bonds is 12. The van der Waals surface area contributed by atoms with E-state index in [1.165, 1.54) is 6.92 Å². The zero-order valence-electron chi connectivity index (χ0n) is 19.5. The minimum absolute atomic E-state index is 0.0539. The van der Waals surface area contributed by atoms with Crippen LogP contribution < -0.4 is 21.7 Å². The summed E-state index contributed by atoms with van der Waals surface area (Å²) in [6.07, 6.45) is 2.47. The van der Waals surface area contributed by atoms with Crippen LogP contribution in [-0.4, -0.2) is 63.7 Å². The van der Waals surface area contributed by atoms with Gasteiger partial charge in [-0.2, -0.15) is 12.6 Å². The molecule has 0 saturated heterocycles. The highest BCUT2D eigenvalue weighted by Gasteiger charge is 2.29. The van der Waals surface area contributed by atoms with Crippen molar-refractivity contribution in [1.29, 1.82) is 0 Å². The fraction of sp³-hybridized carbons (Fsp3) is 0.478. The summed E-state index contributed by atoms with van der Waals surface area (Å²) >= 11 is 4.12. The van der Waals surface area contributed by atoms with E-state index in [1.807, 2.05) is 38.1 Å². The normalized spacial score (nSPS) is 15.6. The number of benzene rings is 1. The van der Waals surface area contributed by atoms with Crippen LogP contribution in [0.2, 0.25) is 0 Å². The van der Waals surface area contributed by atoms with Gasteiger partial charge in [0.05, 0.1) is 6.04 Å². The van der Waals surface area contributed by atoms with Crippen LogP contribution in [0.15, 0.2) is 30.5 Å². The van der Waals surface area contributed by atoms with Gasteiger partial charge in [-0.15, -0.1) is 0 Å². The Morgan fingerprint density at radius 1 is 1.03 bits per heavy atom. The number of carboxylic acids is 1. The molecule has 34 heavy (non-hydrogen) atoms. The van der Waals surface area contributed by atoms with Crippen molar-refractivity contribution < 1.29 is 24.3 Å². The number of aliphatic carboxylic acids is 1. The lowest BCUT2D eigenvalue weighted by Gasteiger charge is -2.23. The van der Waals surface area contributed by atoms with Gasteiger partial charge >= 0.3 is 5.97 Å². The first-order chi connectivity index (χ1) is 16.1. The minimum Gasteiger partial charge on any atom is -0.480 e. The van der Waals surface area contributed by atoms with E-state index in [2.05, 4.69) is 33.6 Å². The number of carbonyl (C=O) groups is 4. The molecule has 2 aromatic rings. The van der Waals surface area contributed by atoms with Crippen LogP contribution in [0.1, 0.15) is 32.8 Å². The Kier molecular flexibility index (Phi) is 9.94. The molecule has 0 aliphatic rings. The second-order valence-electron chi connectivity index (χ2n) is 8.35. The third-order valence-electron chi connectivity index (χ3n) is 5.84. The first-order valence-corrected chi connectivity index (χ1v) is 11.8. The number of carbonyl (C=O) groups excluding carboxylic acids is 3. The quantitative estimate of drug-likeness (QED) is 0.214. The van der Waals surface area contributed by atoms with Gasteiger partial charge in [0.15, 0.2) is 0 Å². The van der Waals surface area contributed by atoms with Gasteiger partial charge in [0.2, 0.25) is 17.7 Å². The predicted octanol–water partition coefficient (Wildman–Crippen LogP) is 0.573. The molecule has 0 bridgehead atoms. The number of fused-ring (bicyclic) bond motifs is 1. The van der Waals surface area contributed by atoms with E-state index in [-0.39, 0.29) is 18.1 Å². The monoisotopic (exact) mass is 491 g/mol. The fourth-order valence-electron chi connectivity index (χ4n) is 3.37. The number of carboxylic acid groups (broad SMARTS) is 1. The van der Waals surface area contributed by atoms with Crippen LogP contribution in [0.3, 0.4) is 0 Å². The number of nitrogens with two attached hydrogens (primary N) is 1. The molecule has 0 spiro atoms. The van der Waals surface area contributed by atoms with Crippen molar-refractivity contribution >= 4 is 47.2 Å². The zero-order valence-corrected chi connectivity index (χ0v) is 20.4. The molecule has 0 radical (unpaired) electrons. The molecule has 2 rings (SSSR count). The zero-order chi connectivity index (χ0) is 25.4. The number of hydrogen-bond acceptors (Lipinski definition) is 6. The van der Waals surface area contributed by atoms with Crippen LogP contribution in [-0.2, 0) is 25.6 Å². The first-order valence-electron chi connectivity index (χ1n) is 11.1. The summed E-state index contributed by atoms with van der Waals surface area (Å²) in [4.78, 5) is 52.4. The van der Waals surface area contributed by atoms with Gasteiger partial charge in [-0.05, 0) is 24.5 Å². The van der Waals surface area contributed by atoms with Crippen molar-refractivity contribution in [2.24, 2.45) is 11.7 Å². The Morgan fingerprint density at radius 2 is 1.68 bits per heavy atom. The molecule has 0 aliphatic heterocycles. The van der Waals surface area contributed by atoms with Crippen molar-refractivity contribution in [2.45, 2.75) is 57.8 Å². The number of para-hydroxylation sites is 1. The largest absolute Gasteiger partial charge is 0.480 e. The third kappa shape index (κ3) is 6.97. The van der Waals surface area contributed by atoms with Crippen LogP contribution >= 0.6 is 12.6 Å². The van der Waals surface area contributed by atoms with Gasteiger partial charge in [-0.25, -0.2) is 4.79 Å². The molecule has 0 saturated carbocycles. The van der Waals surface area contributed by atoms with E-state index < -0.39 is 47.9 Å². The Bertz CT molecular complexity index is 1030. The molecule has 3 amide bonds. The number of H-pyrrole nitrogens is 1. The lowest BCUT2D eigenvalue weighted by molar-refractivity contribution is -0.142. The van der Waals surface area contributed by atoms with Crippen LogP contribution in [0.5, 0.6) is 0 Å². The molecular weight excluding hydrogens is 458 g/mol. The lowest BCUT2D eigenvalue weighted by Crippen LogP contribution is -2.57. The molecule has 7 N–H and O–H groups in total. The van der Waals surface area contributed by atoms with E-state index in [1.54, 1.807) is 6.20 Å². The maximum Gasteiger partial charge on any atom is 0.326 e. The highest BCUT2D eigenvalue weighted by atomic mass is 32.1. The molecule has 5 atom stereocenters. The van der Waals surface area contributed by atoms with Crippen LogP contribution in [0.25, 0.3) is 10.9 Å². The summed E-state index contributed by atoms with van der Waals surface area (Å²) in [6, 6.07) is 3.43. The summed E-state index contributed by atoms with van der Waals surface area (Å²) in [5, 5.41) is 18.0. The third-order valence-corrected chi connectivity index (χ3v) is 6.21. The summed E-state index contributed by atoms with van der Waals surface area (Å²) in [6.45, 7) is 5.22. The average Bonchev–Trinajstić information content (AvgIpc) is 3.23. The van der Waals surface area contributed by atoms with E-state index >= 15 is 0 Å². The first kappa shape index (κ1) is 27.2. The van der Waals surface area contributed by atoms with Gasteiger partial charge in [0.25, 0.3) is 0 Å². The molecule has 11 heteroatoms. The average molecular weight is 492 g/mol. The number of aromatic nitrogens is 1. The number of hydrogen-bond donors (Lipinski definition) is 7. The Morgan fingerprint density at radius 3 is 2.29 bits per heavy atom. The van der Waals surface area contributed by atoms with Crippen molar-refractivity contribution in [3.05, 3.63) is 36.0 Å². The van der Waals surface area contributed by atoms with Gasteiger partial charge in [0, 0.05) is 29.3 Å². The number of amides is 3. The van der Waals surface area contributed by atoms with Gasteiger partial charge in [-0.3, -0.25) is 14.4 Å². The topological polar surface area (TPSA) is 166 Å². The van der Waals surface area contributed by atoms with Crippen molar-refractivity contribution in [3.63, 3.8) is 0 Å². The molecule has 1 heterocycles. The Labute approximate surface area is 203 Å². The maximum atomic E-state index is 12.7. The molecule has 0 fully saturated rings. The highest BCUT2D eigenvalue weighted by molar-refractivity contribution is 7.80. The molecule has 186 valence electrons. The predicted molar refractivity (Wildman–Crippen MR) is 132 cm³/mol. The molecular formula is C23H33N5O5S. The summed E-state index contributed by atoms with van der Waals surface area (Å²) in [5.74, 6) is -3.09. The minimum atomic E-state index is -1.21. The second-order valence-corrected chi connectivity index (χ2v) is 8.71. The standard InChI is InChI=1S/C23H33N5O5S/c1-4-12(2)19(24)22(31)26-13(3)20(29)28-18(11-34)21(30)27-17(23(32)33)9-14-10-25-16-8-6-5-7-15(14)16/h5-8,10,12-13,17-19,25,34H,4,9,11,24H2,1-3H3,(H,26,31)(H,27,30)(H,28,29)(H,32,33). The second kappa shape index (κ2) is 12.4. The van der Waals surface area contributed by atoms with Crippen molar-refractivity contribution in [3.8, 4) is 0 Å². The van der Waals surface area contributed by atoms with Gasteiger partial charge in [0.1, 0.15) is 18.1 Å². The van der Waals surface area contributed by atoms with Crippen molar-refractivity contribution in [1.82, 2.24) is 20.9 Å². The number of aromatic amines is 1. The van der Waals surface area contributed by atoms with E-state index in [4.69, 9.17) is 5.73 Å². The molecule has 5 unspecified atom stereocenters. The maximum absolute atomic E-state index is 12.7. The Balaban J connectivity index is 2.00. The van der Waals surface area contributed by atoms with Crippen LogP contribution in [0.4, 0.5) is 0 Å². The van der Waals surface area contributed by atoms with Crippen molar-refractivity contribution in [2.75, 3.05) is 5.75 Å². The molecule has 0 aliphatic carbocycles. The number of thiol groups is 1. The summed E-state index contributed by atoms with van der Waals surface area (Å²) in [5.41, 5.74) is 7.49. The highest BCUT2D eigenvalue weighted by Crippen LogP contribution is 2.19. The SMILES string of the molecule is CCC(C)C(N)C(=O)NC(C)C(=O)NC(CS)C(=O)NC(Cc1c[nH]c2ccccc12)C(=O)O. The van der Waals surface area contributed by atoms with Gasteiger partial charge in [-0.1, -0.05) is 38.5 Å². The summed E-state index contributed by atoms with van der Waals surface area (Å²) in [7, 11) is 0.